The van der Waals surface area contributed by atoms with Gasteiger partial charge in [0.1, 0.15) is 11.6 Å². The molecule has 4 rings (SSSR count). The number of hydrogen-bond donors (Lipinski definition) is 3. The molecule has 3 N–H and O–H groups in total. The first-order valence-electron chi connectivity index (χ1n) is 13.5. The Morgan fingerprint density at radius 1 is 1.09 bits per heavy atom. The molecular weight excluding hydrogens is 602 g/mol. The van der Waals surface area contributed by atoms with Gasteiger partial charge in [-0.15, -0.1) is 0 Å². The first kappa shape index (κ1) is 32.9. The second-order valence-electron chi connectivity index (χ2n) is 11.6. The highest BCUT2D eigenvalue weighted by molar-refractivity contribution is 7.90. The number of aliphatic hydroxyl groups is 1. The number of sulfone groups is 1. The number of fused-ring (bicyclic) bond motifs is 1. The maximum atomic E-state index is 14.5. The topological polar surface area (TPSA) is 121 Å². The van der Waals surface area contributed by atoms with Gasteiger partial charge in [-0.25, -0.2) is 17.8 Å². The summed E-state index contributed by atoms with van der Waals surface area (Å²) in [5.41, 5.74) is -3.81. The fourth-order valence-corrected chi connectivity index (χ4v) is 5.90. The second-order valence-corrected chi connectivity index (χ2v) is 13.6. The predicted molar refractivity (Wildman–Crippen MR) is 157 cm³/mol. The van der Waals surface area contributed by atoms with Crippen LogP contribution >= 0.6 is 0 Å². The van der Waals surface area contributed by atoms with E-state index in [0.717, 1.165) is 24.0 Å². The fourth-order valence-electron chi connectivity index (χ4n) is 5.32. The molecule has 2 aromatic carbocycles. The maximum absolute atomic E-state index is 14.5. The summed E-state index contributed by atoms with van der Waals surface area (Å²) in [7, 11) is -2.14. The van der Waals surface area contributed by atoms with Gasteiger partial charge in [0.15, 0.2) is 20.5 Å². The Kier molecular flexibility index (Phi) is 8.87. The van der Waals surface area contributed by atoms with Crippen LogP contribution in [0.15, 0.2) is 65.8 Å². The maximum Gasteiger partial charge on any atom is 0.417 e. The van der Waals surface area contributed by atoms with Crippen molar-refractivity contribution in [2.24, 2.45) is 0 Å². The number of nitrogens with zero attached hydrogens (tertiary/aromatic N) is 1. The number of ether oxygens (including phenoxy) is 1. The van der Waals surface area contributed by atoms with Gasteiger partial charge in [-0.3, -0.25) is 4.79 Å². The van der Waals surface area contributed by atoms with Crippen molar-refractivity contribution in [1.29, 1.82) is 0 Å². The number of amides is 1. The summed E-state index contributed by atoms with van der Waals surface area (Å²) in [4.78, 5) is 20.0. The molecule has 0 saturated heterocycles. The number of pyridine rings is 1. The molecule has 0 aliphatic heterocycles. The lowest BCUT2D eigenvalue weighted by atomic mass is 9.72. The number of H-pyrrole nitrogens is 1. The Hall–Kier alpha value is -3.97. The van der Waals surface area contributed by atoms with E-state index >= 15 is 0 Å². The second kappa shape index (κ2) is 11.8. The van der Waals surface area contributed by atoms with Crippen LogP contribution in [-0.2, 0) is 21.7 Å². The van der Waals surface area contributed by atoms with E-state index in [2.05, 4.69) is 15.3 Å². The molecule has 13 heteroatoms. The SMILES string of the molecule is COc1ccc([C@H](C)NC(=O)c2cc(F)ccc2C(C)(C)C[C@](O)(Cc2cc3cc(S(C)(=O)=O)ncc3[nH]2)C(F)(F)F)cc1. The molecule has 2 heterocycles. The predicted octanol–water partition coefficient (Wildman–Crippen LogP) is 5.81. The van der Waals surface area contributed by atoms with E-state index in [1.54, 1.807) is 31.2 Å². The normalized spacial score (nSPS) is 14.7. The Bertz CT molecular complexity index is 1790. The van der Waals surface area contributed by atoms with Crippen molar-refractivity contribution in [3.63, 3.8) is 0 Å². The molecule has 0 saturated carbocycles. The highest BCUT2D eigenvalue weighted by Gasteiger charge is 2.56. The zero-order valence-electron chi connectivity index (χ0n) is 24.7. The molecule has 0 radical (unpaired) electrons. The van der Waals surface area contributed by atoms with Crippen molar-refractivity contribution in [1.82, 2.24) is 15.3 Å². The molecule has 2 atom stereocenters. The third-order valence-corrected chi connectivity index (χ3v) is 8.56. The average Bonchev–Trinajstić information content (AvgIpc) is 3.32. The van der Waals surface area contributed by atoms with Crippen molar-refractivity contribution >= 4 is 26.6 Å². The number of halogens is 4. The minimum atomic E-state index is -5.11. The third kappa shape index (κ3) is 7.05. The molecule has 0 spiro atoms. The molecule has 0 unspecified atom stereocenters. The van der Waals surface area contributed by atoms with Crippen molar-refractivity contribution < 1.29 is 40.6 Å². The molecule has 0 aliphatic carbocycles. The molecular formula is C31H33F4N3O5S. The smallest absolute Gasteiger partial charge is 0.417 e. The number of alkyl halides is 3. The summed E-state index contributed by atoms with van der Waals surface area (Å²) >= 11 is 0. The number of methoxy groups -OCH3 is 1. The van der Waals surface area contributed by atoms with E-state index in [-0.39, 0.29) is 21.8 Å². The van der Waals surface area contributed by atoms with Crippen LogP contribution in [0.4, 0.5) is 17.6 Å². The van der Waals surface area contributed by atoms with Gasteiger partial charge in [0, 0.05) is 29.3 Å². The van der Waals surface area contributed by atoms with Crippen LogP contribution in [0.3, 0.4) is 0 Å². The minimum absolute atomic E-state index is 0.00605. The number of aromatic nitrogens is 2. The van der Waals surface area contributed by atoms with Gasteiger partial charge in [0.2, 0.25) is 0 Å². The van der Waals surface area contributed by atoms with Gasteiger partial charge in [0.25, 0.3) is 5.91 Å². The molecule has 44 heavy (non-hydrogen) atoms. The van der Waals surface area contributed by atoms with Gasteiger partial charge >= 0.3 is 6.18 Å². The van der Waals surface area contributed by atoms with Crippen LogP contribution in [-0.4, -0.2) is 54.5 Å². The van der Waals surface area contributed by atoms with Crippen molar-refractivity contribution in [3.05, 3.63) is 89.0 Å². The van der Waals surface area contributed by atoms with Gasteiger partial charge < -0.3 is 20.1 Å². The summed E-state index contributed by atoms with van der Waals surface area (Å²) in [6.07, 6.45) is -4.74. The zero-order valence-corrected chi connectivity index (χ0v) is 25.5. The minimum Gasteiger partial charge on any atom is -0.497 e. The van der Waals surface area contributed by atoms with Crippen molar-refractivity contribution in [3.8, 4) is 5.75 Å². The fraction of sp³-hybridized carbons (Fsp3) is 0.355. The molecule has 8 nitrogen and oxygen atoms in total. The number of rotatable bonds is 10. The van der Waals surface area contributed by atoms with Gasteiger partial charge in [-0.2, -0.15) is 13.2 Å². The number of benzene rings is 2. The zero-order chi connectivity index (χ0) is 32.7. The Labute approximate surface area is 252 Å². The summed E-state index contributed by atoms with van der Waals surface area (Å²) in [5, 5.41) is 14.0. The van der Waals surface area contributed by atoms with Crippen LogP contribution in [0.2, 0.25) is 0 Å². The van der Waals surface area contributed by atoms with E-state index in [1.807, 2.05) is 0 Å². The van der Waals surface area contributed by atoms with Crippen molar-refractivity contribution in [2.75, 3.05) is 13.4 Å². The lowest BCUT2D eigenvalue weighted by Crippen LogP contribution is -2.51. The van der Waals surface area contributed by atoms with Gasteiger partial charge in [-0.1, -0.05) is 32.0 Å². The molecule has 1 amide bonds. The van der Waals surface area contributed by atoms with E-state index in [0.29, 0.717) is 16.7 Å². The number of carbonyl (C=O) groups excluding carboxylic acids is 1. The van der Waals surface area contributed by atoms with Crippen LogP contribution in [0, 0.1) is 5.82 Å². The van der Waals surface area contributed by atoms with Crippen LogP contribution in [0.1, 0.15) is 60.4 Å². The first-order chi connectivity index (χ1) is 20.3. The number of hydrogen-bond acceptors (Lipinski definition) is 6. The lowest BCUT2D eigenvalue weighted by Gasteiger charge is -2.38. The summed E-state index contributed by atoms with van der Waals surface area (Å²) < 4.78 is 86.9. The molecule has 2 aromatic heterocycles. The molecule has 236 valence electrons. The van der Waals surface area contributed by atoms with Crippen LogP contribution in [0.25, 0.3) is 10.9 Å². The molecule has 0 aliphatic rings. The highest BCUT2D eigenvalue weighted by Crippen LogP contribution is 2.44. The summed E-state index contributed by atoms with van der Waals surface area (Å²) in [5.74, 6) is -0.837. The standard InChI is InChI=1S/C31H33F4N3O5S/c1-18(19-6-9-23(43-4)10-7-19)37-28(39)24-14-21(32)8-11-25(24)29(2,3)17-30(40,31(33,34)35)15-22-12-20-13-27(44(5,41)42)36-16-26(20)38-22/h6-14,16,18,38,40H,15,17H2,1-5H3,(H,37,39)/t18-,30+/m0/s1. The van der Waals surface area contributed by atoms with E-state index in [4.69, 9.17) is 4.74 Å². The van der Waals surface area contributed by atoms with Gasteiger partial charge in [0.05, 0.1) is 24.9 Å². The molecule has 0 bridgehead atoms. The number of carbonyl (C=O) groups is 1. The third-order valence-electron chi connectivity index (χ3n) is 7.58. The summed E-state index contributed by atoms with van der Waals surface area (Å²) in [6, 6.07) is 12.2. The van der Waals surface area contributed by atoms with E-state index in [9.17, 15) is 35.9 Å². The largest absolute Gasteiger partial charge is 0.497 e. The number of aromatic amines is 1. The number of nitrogens with one attached hydrogen (secondary N) is 2. The monoisotopic (exact) mass is 635 g/mol. The van der Waals surface area contributed by atoms with Gasteiger partial charge in [-0.05, 0) is 66.3 Å². The molecule has 0 fully saturated rings. The Balaban J connectivity index is 1.65. The van der Waals surface area contributed by atoms with E-state index in [1.165, 1.54) is 45.4 Å². The van der Waals surface area contributed by atoms with Crippen LogP contribution in [0.5, 0.6) is 5.75 Å². The lowest BCUT2D eigenvalue weighted by molar-refractivity contribution is -0.266. The van der Waals surface area contributed by atoms with Crippen LogP contribution < -0.4 is 10.1 Å². The summed E-state index contributed by atoms with van der Waals surface area (Å²) in [6.45, 7) is 4.59. The Morgan fingerprint density at radius 2 is 1.75 bits per heavy atom. The Morgan fingerprint density at radius 3 is 2.34 bits per heavy atom. The highest BCUT2D eigenvalue weighted by atomic mass is 32.2. The quantitative estimate of drug-likeness (QED) is 0.189. The molecule has 4 aromatic rings. The van der Waals surface area contributed by atoms with Crippen molar-refractivity contribution in [2.45, 2.75) is 61.9 Å². The first-order valence-corrected chi connectivity index (χ1v) is 15.4. The average molecular weight is 636 g/mol. The van der Waals surface area contributed by atoms with E-state index < -0.39 is 57.6 Å².